The van der Waals surface area contributed by atoms with Crippen molar-refractivity contribution in [2.75, 3.05) is 12.0 Å². The van der Waals surface area contributed by atoms with Gasteiger partial charge >= 0.3 is 0 Å². The number of carbonyl (C=O) groups is 2. The number of hydrogen-bond donors (Lipinski definition) is 1. The second-order valence-corrected chi connectivity index (χ2v) is 7.11. The summed E-state index contributed by atoms with van der Waals surface area (Å²) >= 11 is 0. The van der Waals surface area contributed by atoms with Crippen molar-refractivity contribution >= 4 is 23.1 Å². The van der Waals surface area contributed by atoms with Crippen LogP contribution in [0.1, 0.15) is 22.7 Å². The van der Waals surface area contributed by atoms with Gasteiger partial charge in [-0.3, -0.25) is 14.5 Å². The summed E-state index contributed by atoms with van der Waals surface area (Å²) in [6, 6.07) is 19.0. The van der Waals surface area contributed by atoms with Gasteiger partial charge in [0.15, 0.2) is 0 Å². The maximum Gasteiger partial charge on any atom is 0.300 e. The lowest BCUT2D eigenvalue weighted by molar-refractivity contribution is -0.132. The molecule has 1 fully saturated rings. The minimum Gasteiger partial charge on any atom is -0.507 e. The van der Waals surface area contributed by atoms with E-state index in [9.17, 15) is 19.1 Å². The molecule has 32 heavy (non-hydrogen) atoms. The van der Waals surface area contributed by atoms with Crippen LogP contribution in [0.25, 0.3) is 5.76 Å². The van der Waals surface area contributed by atoms with Crippen LogP contribution in [0.2, 0.25) is 0 Å². The van der Waals surface area contributed by atoms with Gasteiger partial charge in [0.1, 0.15) is 17.3 Å². The third kappa shape index (κ3) is 3.59. The van der Waals surface area contributed by atoms with E-state index in [-0.39, 0.29) is 11.3 Å². The lowest BCUT2D eigenvalue weighted by Crippen LogP contribution is -2.29. The van der Waals surface area contributed by atoms with Gasteiger partial charge in [0, 0.05) is 11.3 Å². The highest BCUT2D eigenvalue weighted by Crippen LogP contribution is 2.42. The number of benzene rings is 3. The largest absolute Gasteiger partial charge is 0.507 e. The molecule has 0 aromatic heterocycles. The van der Waals surface area contributed by atoms with Crippen LogP contribution in [0, 0.1) is 17.1 Å². The van der Waals surface area contributed by atoms with Crippen LogP contribution in [0.5, 0.6) is 5.75 Å². The zero-order valence-corrected chi connectivity index (χ0v) is 16.9. The number of nitriles is 1. The summed E-state index contributed by atoms with van der Waals surface area (Å²) in [6.45, 7) is 0. The Morgan fingerprint density at radius 3 is 2.38 bits per heavy atom. The smallest absolute Gasteiger partial charge is 0.300 e. The van der Waals surface area contributed by atoms with Gasteiger partial charge in [0.2, 0.25) is 0 Å². The molecule has 0 spiro atoms. The molecule has 7 heteroatoms. The summed E-state index contributed by atoms with van der Waals surface area (Å²) in [7, 11) is 1.47. The highest BCUT2D eigenvalue weighted by Gasteiger charge is 2.47. The second kappa shape index (κ2) is 8.36. The Bertz CT molecular complexity index is 1270. The van der Waals surface area contributed by atoms with Crippen LogP contribution in [0.4, 0.5) is 10.1 Å². The van der Waals surface area contributed by atoms with Gasteiger partial charge in [-0.1, -0.05) is 24.3 Å². The van der Waals surface area contributed by atoms with Gasteiger partial charge in [0.05, 0.1) is 30.4 Å². The van der Waals surface area contributed by atoms with Crippen molar-refractivity contribution in [2.45, 2.75) is 6.04 Å². The van der Waals surface area contributed by atoms with E-state index in [4.69, 9.17) is 10.00 Å². The summed E-state index contributed by atoms with van der Waals surface area (Å²) in [5.74, 6) is -2.09. The average molecular weight is 428 g/mol. The molecule has 6 nitrogen and oxygen atoms in total. The summed E-state index contributed by atoms with van der Waals surface area (Å²) in [5.41, 5.74) is 1.37. The predicted molar refractivity (Wildman–Crippen MR) is 115 cm³/mol. The van der Waals surface area contributed by atoms with Gasteiger partial charge in [0.25, 0.3) is 11.7 Å². The van der Waals surface area contributed by atoms with E-state index in [1.165, 1.54) is 48.4 Å². The number of Topliss-reactive ketones (excluding diaryl/α,β-unsaturated/α-hetero) is 1. The molecule has 158 valence electrons. The molecule has 1 amide bonds. The van der Waals surface area contributed by atoms with Crippen LogP contribution in [0.15, 0.2) is 78.4 Å². The summed E-state index contributed by atoms with van der Waals surface area (Å²) < 4.78 is 18.8. The summed E-state index contributed by atoms with van der Waals surface area (Å²) in [6.07, 6.45) is 0. The van der Waals surface area contributed by atoms with Crippen molar-refractivity contribution in [1.82, 2.24) is 0 Å². The van der Waals surface area contributed by atoms with Crippen molar-refractivity contribution in [3.05, 3.63) is 101 Å². The number of carbonyl (C=O) groups excluding carboxylic acids is 2. The van der Waals surface area contributed by atoms with E-state index in [0.717, 1.165) is 0 Å². The summed E-state index contributed by atoms with van der Waals surface area (Å²) in [5, 5.41) is 20.1. The number of hydrogen-bond acceptors (Lipinski definition) is 5. The molecule has 1 saturated heterocycles. The molecule has 1 unspecified atom stereocenters. The number of nitrogens with zero attached hydrogens (tertiary/aromatic N) is 2. The van der Waals surface area contributed by atoms with Crippen LogP contribution in [-0.4, -0.2) is 23.9 Å². The van der Waals surface area contributed by atoms with Gasteiger partial charge in [-0.2, -0.15) is 5.26 Å². The molecule has 0 saturated carbocycles. The Kier molecular flexibility index (Phi) is 5.44. The Labute approximate surface area is 183 Å². The van der Waals surface area contributed by atoms with Crippen LogP contribution in [-0.2, 0) is 9.59 Å². The molecular formula is C25H17FN2O4. The number of aliphatic hydroxyl groups excluding tert-OH is 1. The molecule has 1 atom stereocenters. The number of halogens is 1. The number of amides is 1. The molecule has 0 aliphatic carbocycles. The highest BCUT2D eigenvalue weighted by molar-refractivity contribution is 6.51. The third-order valence-electron chi connectivity index (χ3n) is 5.25. The van der Waals surface area contributed by atoms with Gasteiger partial charge in [-0.05, 0) is 54.1 Å². The zero-order chi connectivity index (χ0) is 22.8. The topological polar surface area (TPSA) is 90.6 Å². The maximum absolute atomic E-state index is 13.6. The fraction of sp³-hybridized carbons (Fsp3) is 0.0800. The minimum absolute atomic E-state index is 0.126. The molecule has 4 rings (SSSR count). The fourth-order valence-corrected chi connectivity index (χ4v) is 3.68. The lowest BCUT2D eigenvalue weighted by atomic mass is 9.95. The molecule has 1 aliphatic heterocycles. The third-order valence-corrected chi connectivity index (χ3v) is 5.25. The molecule has 0 radical (unpaired) electrons. The maximum atomic E-state index is 13.6. The minimum atomic E-state index is -0.991. The molecule has 0 bridgehead atoms. The SMILES string of the molecule is COc1cccc(/C(O)=C2/C(=O)C(=O)N(c3ccc(C#N)cc3)C2c2ccc(F)cc2)c1. The number of anilines is 1. The fourth-order valence-electron chi connectivity index (χ4n) is 3.68. The van der Waals surface area contributed by atoms with Gasteiger partial charge < -0.3 is 9.84 Å². The first-order valence-corrected chi connectivity index (χ1v) is 9.65. The number of methoxy groups -OCH3 is 1. The Morgan fingerprint density at radius 1 is 1.06 bits per heavy atom. The first-order chi connectivity index (χ1) is 15.4. The number of ether oxygens (including phenoxy) is 1. The van der Waals surface area contributed by atoms with Gasteiger partial charge in [-0.15, -0.1) is 0 Å². The second-order valence-electron chi connectivity index (χ2n) is 7.11. The van der Waals surface area contributed by atoms with Crippen LogP contribution >= 0.6 is 0 Å². The van der Waals surface area contributed by atoms with E-state index >= 15 is 0 Å². The molecule has 3 aromatic rings. The monoisotopic (exact) mass is 428 g/mol. The summed E-state index contributed by atoms with van der Waals surface area (Å²) in [4.78, 5) is 27.4. The molecule has 1 aliphatic rings. The van der Waals surface area contributed by atoms with Crippen LogP contribution < -0.4 is 9.64 Å². The average Bonchev–Trinajstić information content (AvgIpc) is 3.09. The van der Waals surface area contributed by atoms with Gasteiger partial charge in [-0.25, -0.2) is 4.39 Å². The van der Waals surface area contributed by atoms with E-state index in [1.54, 1.807) is 36.4 Å². The first-order valence-electron chi connectivity index (χ1n) is 9.65. The van der Waals surface area contributed by atoms with Crippen molar-refractivity contribution in [2.24, 2.45) is 0 Å². The molecule has 3 aromatic carbocycles. The molecular weight excluding hydrogens is 411 g/mol. The first kappa shape index (κ1) is 20.8. The molecule has 1 N–H and O–H groups in total. The Morgan fingerprint density at radius 2 is 1.75 bits per heavy atom. The number of aliphatic hydroxyl groups is 1. The standard InChI is InChI=1S/C25H17FN2O4/c1-32-20-4-2-3-17(13-20)23(29)21-22(16-7-9-18(26)10-8-16)28(25(31)24(21)30)19-11-5-15(14-27)6-12-19/h2-13,22,29H,1H3/b23-21-. The zero-order valence-electron chi connectivity index (χ0n) is 16.9. The van der Waals surface area contributed by atoms with Crippen molar-refractivity contribution < 1.29 is 23.8 Å². The van der Waals surface area contributed by atoms with E-state index in [0.29, 0.717) is 28.1 Å². The Balaban J connectivity index is 1.93. The highest BCUT2D eigenvalue weighted by atomic mass is 19.1. The lowest BCUT2D eigenvalue weighted by Gasteiger charge is -2.25. The van der Waals surface area contributed by atoms with Crippen molar-refractivity contribution in [1.29, 1.82) is 5.26 Å². The number of ketones is 1. The van der Waals surface area contributed by atoms with E-state index in [1.807, 2.05) is 6.07 Å². The molecule has 1 heterocycles. The van der Waals surface area contributed by atoms with Crippen molar-refractivity contribution in [3.8, 4) is 11.8 Å². The predicted octanol–water partition coefficient (Wildman–Crippen LogP) is 4.33. The Hall–Kier alpha value is -4.44. The quantitative estimate of drug-likeness (QED) is 0.379. The van der Waals surface area contributed by atoms with E-state index in [2.05, 4.69) is 0 Å². The number of rotatable bonds is 4. The van der Waals surface area contributed by atoms with Crippen LogP contribution in [0.3, 0.4) is 0 Å². The van der Waals surface area contributed by atoms with E-state index < -0.39 is 23.5 Å². The van der Waals surface area contributed by atoms with Crippen molar-refractivity contribution in [3.63, 3.8) is 0 Å². The normalized spacial score (nSPS) is 17.3.